The fourth-order valence-electron chi connectivity index (χ4n) is 7.98. The molecule has 1 unspecified atom stereocenters. The second kappa shape index (κ2) is 12.0. The maximum absolute atomic E-state index is 15.2. The molecule has 1 saturated heterocycles. The van der Waals surface area contributed by atoms with Crippen LogP contribution in [0.5, 0.6) is 5.75 Å². The molecule has 6 nitrogen and oxygen atoms in total. The van der Waals surface area contributed by atoms with Crippen molar-refractivity contribution in [3.05, 3.63) is 29.1 Å². The Balaban J connectivity index is 2.11. The Labute approximate surface area is 257 Å². The summed E-state index contributed by atoms with van der Waals surface area (Å²) in [6, 6.07) is 3.09. The van der Waals surface area contributed by atoms with Crippen LogP contribution in [0.2, 0.25) is 39.3 Å². The van der Waals surface area contributed by atoms with E-state index in [1.165, 1.54) is 19.6 Å². The van der Waals surface area contributed by atoms with Gasteiger partial charge in [-0.05, 0) is 76.3 Å². The van der Waals surface area contributed by atoms with Gasteiger partial charge in [0.2, 0.25) is 0 Å². The molecule has 0 aromatic heterocycles. The van der Waals surface area contributed by atoms with Gasteiger partial charge < -0.3 is 23.0 Å². The van der Waals surface area contributed by atoms with Crippen LogP contribution >= 0.6 is 0 Å². The third kappa shape index (κ3) is 6.87. The van der Waals surface area contributed by atoms with E-state index < -0.39 is 46.6 Å². The number of benzene rings is 1. The molecule has 1 aromatic rings. The third-order valence-electron chi connectivity index (χ3n) is 9.69. The van der Waals surface area contributed by atoms with E-state index in [0.717, 1.165) is 12.0 Å². The van der Waals surface area contributed by atoms with E-state index in [-0.39, 0.29) is 28.8 Å². The molecule has 2 aliphatic rings. The summed E-state index contributed by atoms with van der Waals surface area (Å²) >= 11 is 0. The molecule has 3 rings (SSSR count). The summed E-state index contributed by atoms with van der Waals surface area (Å²) in [6.07, 6.45) is 2.73. The van der Waals surface area contributed by atoms with E-state index in [1.54, 1.807) is 26.8 Å². The molecular weight excluding hydrogens is 564 g/mol. The summed E-state index contributed by atoms with van der Waals surface area (Å²) < 4.78 is 43.2. The van der Waals surface area contributed by atoms with Gasteiger partial charge in [-0.15, -0.1) is 0 Å². The Kier molecular flexibility index (Phi) is 10.0. The van der Waals surface area contributed by atoms with E-state index in [1.807, 2.05) is 0 Å². The number of carbonyl (C=O) groups excluding carboxylic acids is 1. The second-order valence-electron chi connectivity index (χ2n) is 16.3. The normalized spacial score (nSPS) is 27.2. The van der Waals surface area contributed by atoms with E-state index in [4.69, 9.17) is 18.8 Å². The molecule has 0 spiro atoms. The minimum Gasteiger partial charge on any atom is -0.495 e. The number of carbonyl (C=O) groups is 1. The number of esters is 1. The van der Waals surface area contributed by atoms with Crippen LogP contribution in [0, 0.1) is 23.1 Å². The fraction of sp³-hybridized carbons (Fsp3) is 0.781. The number of halogens is 1. The van der Waals surface area contributed by atoms with Crippen molar-refractivity contribution in [2.75, 3.05) is 7.11 Å². The number of methoxy groups -OCH3 is 1. The predicted octanol–water partition coefficient (Wildman–Crippen LogP) is 7.97. The zero-order valence-electron chi connectivity index (χ0n) is 29.0. The molecule has 1 heterocycles. The van der Waals surface area contributed by atoms with E-state index in [0.29, 0.717) is 18.3 Å². The first kappa shape index (κ1) is 35.3. The Bertz CT molecular complexity index is 1130. The first-order valence-corrected chi connectivity index (χ1v) is 22.6. The average molecular weight is 622 g/mol. The molecule has 238 valence electrons. The Morgan fingerprint density at radius 2 is 1.71 bits per heavy atom. The van der Waals surface area contributed by atoms with Crippen molar-refractivity contribution in [2.45, 2.75) is 137 Å². The van der Waals surface area contributed by atoms with Gasteiger partial charge in [-0.25, -0.2) is 9.18 Å². The highest BCUT2D eigenvalue weighted by Gasteiger charge is 2.63. The topological polar surface area (TPSA) is 57.2 Å². The van der Waals surface area contributed by atoms with Crippen molar-refractivity contribution in [3.8, 4) is 5.75 Å². The van der Waals surface area contributed by atoms with Crippen LogP contribution in [0.3, 0.4) is 0 Å². The molecule has 1 aromatic carbocycles. The Morgan fingerprint density at radius 3 is 2.17 bits per heavy atom. The van der Waals surface area contributed by atoms with Gasteiger partial charge >= 0.3 is 13.1 Å². The smallest absolute Gasteiger partial charge is 0.475 e. The summed E-state index contributed by atoms with van der Waals surface area (Å²) in [5.74, 6) is -0.221. The number of hydrogen-bond donors (Lipinski definition) is 0. The maximum atomic E-state index is 15.2. The van der Waals surface area contributed by atoms with Gasteiger partial charge in [-0.1, -0.05) is 72.5 Å². The molecular formula is C32H57BFNO5Si2. The van der Waals surface area contributed by atoms with Crippen molar-refractivity contribution < 1.29 is 28.0 Å². The van der Waals surface area contributed by atoms with Crippen molar-refractivity contribution in [1.29, 1.82) is 0 Å². The van der Waals surface area contributed by atoms with Crippen molar-refractivity contribution in [3.63, 3.8) is 0 Å². The highest BCUT2D eigenvalue weighted by molar-refractivity contribution is 6.90. The van der Waals surface area contributed by atoms with E-state index >= 15 is 4.39 Å². The summed E-state index contributed by atoms with van der Waals surface area (Å²) in [7, 11) is -2.82. The summed E-state index contributed by atoms with van der Waals surface area (Å²) in [4.78, 5) is 13.2. The number of hydrogen-bond acceptors (Lipinski definition) is 6. The van der Waals surface area contributed by atoms with Gasteiger partial charge in [0, 0.05) is 5.94 Å². The molecule has 1 aliphatic heterocycles. The number of nitrogens with zero attached hydrogens (tertiary/aromatic N) is 1. The van der Waals surface area contributed by atoms with Crippen LogP contribution < -0.4 is 4.74 Å². The quantitative estimate of drug-likeness (QED) is 0.195. The lowest BCUT2D eigenvalue weighted by atomic mass is 9.49. The molecule has 2 fully saturated rings. The first-order chi connectivity index (χ1) is 19.0. The van der Waals surface area contributed by atoms with Crippen LogP contribution in [0.1, 0.15) is 84.2 Å². The SMILES string of the molecule is CC[C@@H]1C[C@H]([C@]2(C)OB([C@H](Cc3ccc(F)c(C(=O)OC(C)(C)C)c3OC)N([Si](C)(C)C)[Si](C)(C)C)OC2C)C1(C)C. The summed E-state index contributed by atoms with van der Waals surface area (Å²) in [5, 5.41) is 0. The lowest BCUT2D eigenvalue weighted by molar-refractivity contribution is -0.144. The number of rotatable bonds is 10. The zero-order valence-corrected chi connectivity index (χ0v) is 31.0. The van der Waals surface area contributed by atoms with Gasteiger partial charge in [-0.2, -0.15) is 0 Å². The van der Waals surface area contributed by atoms with Gasteiger partial charge in [0.25, 0.3) is 0 Å². The highest BCUT2D eigenvalue weighted by Crippen LogP contribution is 2.60. The molecule has 10 heteroatoms. The standard InChI is InChI=1S/C32H57BFNO5Si2/c1-16-23-20-25(31(23,6)7)32(8)21(2)39-33(40-32)26(35(41(10,11)12)42(13,14)15)19-22-17-18-24(34)27(28(22)37-9)29(36)38-30(3,4)5/h17-18,21,23,25-26H,16,19-20H2,1-15H3/t21?,23-,25+,26+,32-/m1/s1. The van der Waals surface area contributed by atoms with Crippen molar-refractivity contribution in [2.24, 2.45) is 17.3 Å². The van der Waals surface area contributed by atoms with Gasteiger partial charge in [0.15, 0.2) is 0 Å². The molecule has 0 amide bonds. The van der Waals surface area contributed by atoms with Crippen LogP contribution in [0.25, 0.3) is 0 Å². The predicted molar refractivity (Wildman–Crippen MR) is 176 cm³/mol. The molecule has 0 N–H and O–H groups in total. The largest absolute Gasteiger partial charge is 0.495 e. The van der Waals surface area contributed by atoms with Crippen LogP contribution in [0.4, 0.5) is 4.39 Å². The number of ether oxygens (including phenoxy) is 2. The van der Waals surface area contributed by atoms with Gasteiger partial charge in [0.1, 0.15) is 39.2 Å². The van der Waals surface area contributed by atoms with Crippen LogP contribution in [-0.2, 0) is 20.5 Å². The molecule has 42 heavy (non-hydrogen) atoms. The van der Waals surface area contributed by atoms with Crippen LogP contribution in [0.15, 0.2) is 12.1 Å². The second-order valence-corrected chi connectivity index (χ2v) is 26.4. The maximum Gasteiger partial charge on any atom is 0.475 e. The monoisotopic (exact) mass is 621 g/mol. The fourth-order valence-corrected chi connectivity index (χ4v) is 18.4. The van der Waals surface area contributed by atoms with Crippen molar-refractivity contribution in [1.82, 2.24) is 4.23 Å². The average Bonchev–Trinajstić information content (AvgIpc) is 3.10. The van der Waals surface area contributed by atoms with Gasteiger partial charge in [-0.3, -0.25) is 0 Å². The summed E-state index contributed by atoms with van der Waals surface area (Å²) in [5.41, 5.74) is -0.431. The molecule has 5 atom stereocenters. The molecule has 1 aliphatic carbocycles. The van der Waals surface area contributed by atoms with E-state index in [2.05, 4.69) is 78.1 Å². The zero-order chi connectivity index (χ0) is 32.2. The van der Waals surface area contributed by atoms with Gasteiger partial charge in [0.05, 0.1) is 18.8 Å². The third-order valence-corrected chi connectivity index (χ3v) is 17.3. The Hall–Kier alpha value is -1.20. The highest BCUT2D eigenvalue weighted by atomic mass is 28.4. The molecule has 1 saturated carbocycles. The van der Waals surface area contributed by atoms with E-state index in [9.17, 15) is 4.79 Å². The lowest BCUT2D eigenvalue weighted by Gasteiger charge is -2.59. The molecule has 0 bridgehead atoms. The minimum atomic E-state index is -1.92. The Morgan fingerprint density at radius 1 is 1.14 bits per heavy atom. The van der Waals surface area contributed by atoms with Crippen LogP contribution in [-0.4, -0.2) is 64.1 Å². The molecule has 0 radical (unpaired) electrons. The lowest BCUT2D eigenvalue weighted by Crippen LogP contribution is -2.68. The minimum absolute atomic E-state index is 0.0790. The first-order valence-electron chi connectivity index (χ1n) is 15.7. The summed E-state index contributed by atoms with van der Waals surface area (Å²) in [6.45, 7) is 30.9. The van der Waals surface area contributed by atoms with Crippen molar-refractivity contribution >= 4 is 29.6 Å².